The molecule has 0 amide bonds. The van der Waals surface area contributed by atoms with Gasteiger partial charge in [0.25, 0.3) is 0 Å². The van der Waals surface area contributed by atoms with E-state index >= 15 is 0 Å². The number of rotatable bonds is 8. The van der Waals surface area contributed by atoms with Crippen LogP contribution in [0.3, 0.4) is 0 Å². The van der Waals surface area contributed by atoms with Crippen molar-refractivity contribution in [1.29, 1.82) is 0 Å². The van der Waals surface area contributed by atoms with E-state index in [9.17, 15) is 0 Å². The molecule has 4 aromatic carbocycles. The molecule has 0 aliphatic carbocycles. The van der Waals surface area contributed by atoms with Gasteiger partial charge in [-0.2, -0.15) is 0 Å². The van der Waals surface area contributed by atoms with Gasteiger partial charge in [-0.25, -0.2) is 0 Å². The minimum Gasteiger partial charge on any atom is -0.384 e. The lowest BCUT2D eigenvalue weighted by Crippen LogP contribution is -2.28. The SMILES string of the molecule is CC(C)c1cccc(C(C)C)c1N(c1ccccc1)C(c1ccccc1)c1cccc(-c2cccc3c2NCCC3)n1. The number of benzene rings is 4. The van der Waals surface area contributed by atoms with Crippen LogP contribution in [0.15, 0.2) is 115 Å². The van der Waals surface area contributed by atoms with Gasteiger partial charge in [-0.1, -0.05) is 119 Å². The molecule has 1 unspecified atom stereocenters. The van der Waals surface area contributed by atoms with Crippen molar-refractivity contribution in [3.05, 3.63) is 143 Å². The highest BCUT2D eigenvalue weighted by Crippen LogP contribution is 2.46. The van der Waals surface area contributed by atoms with Gasteiger partial charge < -0.3 is 10.2 Å². The minimum atomic E-state index is -0.126. The van der Waals surface area contributed by atoms with Crippen LogP contribution in [0.1, 0.15) is 79.9 Å². The van der Waals surface area contributed by atoms with Gasteiger partial charge in [0.1, 0.15) is 6.04 Å². The fourth-order valence-corrected chi connectivity index (χ4v) is 6.35. The molecule has 0 fully saturated rings. The van der Waals surface area contributed by atoms with E-state index in [-0.39, 0.29) is 6.04 Å². The van der Waals surface area contributed by atoms with Gasteiger partial charge in [-0.3, -0.25) is 4.98 Å². The average molecular weight is 552 g/mol. The van der Waals surface area contributed by atoms with E-state index in [1.165, 1.54) is 45.6 Å². The summed E-state index contributed by atoms with van der Waals surface area (Å²) in [4.78, 5) is 8.01. The van der Waals surface area contributed by atoms with Crippen molar-refractivity contribution in [3.63, 3.8) is 0 Å². The topological polar surface area (TPSA) is 28.2 Å². The number of pyridine rings is 1. The molecule has 1 aliphatic heterocycles. The van der Waals surface area contributed by atoms with Gasteiger partial charge in [0.05, 0.1) is 11.4 Å². The summed E-state index contributed by atoms with van der Waals surface area (Å²) in [5.74, 6) is 0.727. The molecule has 5 aromatic rings. The van der Waals surface area contributed by atoms with E-state index in [4.69, 9.17) is 4.98 Å². The molecular weight excluding hydrogens is 510 g/mol. The largest absolute Gasteiger partial charge is 0.384 e. The third-order valence-electron chi connectivity index (χ3n) is 8.39. The fourth-order valence-electron chi connectivity index (χ4n) is 6.35. The molecule has 0 radical (unpaired) electrons. The van der Waals surface area contributed by atoms with Gasteiger partial charge in [0.2, 0.25) is 0 Å². The summed E-state index contributed by atoms with van der Waals surface area (Å²) in [6, 6.07) is 41.6. The molecule has 0 bridgehead atoms. The Hall–Kier alpha value is -4.37. The summed E-state index contributed by atoms with van der Waals surface area (Å²) in [6.45, 7) is 10.2. The summed E-state index contributed by atoms with van der Waals surface area (Å²) in [5, 5.41) is 3.67. The Bertz CT molecular complexity index is 1610. The molecule has 0 spiro atoms. The van der Waals surface area contributed by atoms with Crippen LogP contribution in [0, 0.1) is 0 Å². The van der Waals surface area contributed by atoms with Crippen molar-refractivity contribution in [2.45, 2.75) is 58.4 Å². The Morgan fingerprint density at radius 3 is 2.00 bits per heavy atom. The smallest absolute Gasteiger partial charge is 0.102 e. The number of anilines is 3. The van der Waals surface area contributed by atoms with Crippen molar-refractivity contribution >= 4 is 17.1 Å². The van der Waals surface area contributed by atoms with E-state index < -0.39 is 0 Å². The van der Waals surface area contributed by atoms with Crippen LogP contribution in [0.2, 0.25) is 0 Å². The van der Waals surface area contributed by atoms with Crippen molar-refractivity contribution in [1.82, 2.24) is 4.98 Å². The molecule has 1 atom stereocenters. The Kier molecular flexibility index (Phi) is 8.10. The zero-order valence-electron chi connectivity index (χ0n) is 25.2. The highest BCUT2D eigenvalue weighted by Gasteiger charge is 2.30. The van der Waals surface area contributed by atoms with Crippen LogP contribution in [-0.2, 0) is 6.42 Å². The first-order valence-electron chi connectivity index (χ1n) is 15.4. The van der Waals surface area contributed by atoms with Gasteiger partial charge in [0, 0.05) is 29.2 Å². The van der Waals surface area contributed by atoms with E-state index in [0.717, 1.165) is 30.0 Å². The van der Waals surface area contributed by atoms with Crippen LogP contribution in [0.5, 0.6) is 0 Å². The van der Waals surface area contributed by atoms with E-state index in [1.807, 2.05) is 0 Å². The number of fused-ring (bicyclic) bond motifs is 1. The first-order chi connectivity index (χ1) is 20.5. The molecule has 3 heteroatoms. The van der Waals surface area contributed by atoms with Crippen LogP contribution in [0.4, 0.5) is 17.1 Å². The molecule has 42 heavy (non-hydrogen) atoms. The lowest BCUT2D eigenvalue weighted by atomic mass is 9.89. The summed E-state index contributed by atoms with van der Waals surface area (Å²) in [6.07, 6.45) is 2.27. The third kappa shape index (κ3) is 5.44. The summed E-state index contributed by atoms with van der Waals surface area (Å²) < 4.78 is 0. The molecule has 0 saturated heterocycles. The number of aromatic nitrogens is 1. The van der Waals surface area contributed by atoms with Crippen molar-refractivity contribution in [2.24, 2.45) is 0 Å². The number of hydrogen-bond acceptors (Lipinski definition) is 3. The Morgan fingerprint density at radius 2 is 1.31 bits per heavy atom. The lowest BCUT2D eigenvalue weighted by molar-refractivity contribution is 0.753. The number of aryl methyl sites for hydroxylation is 1. The second-order valence-corrected chi connectivity index (χ2v) is 11.9. The van der Waals surface area contributed by atoms with Gasteiger partial charge >= 0.3 is 0 Å². The predicted octanol–water partition coefficient (Wildman–Crippen LogP) is 10.3. The van der Waals surface area contributed by atoms with Crippen LogP contribution >= 0.6 is 0 Å². The standard InChI is InChI=1S/C39H41N3/c1-27(2)32-21-12-22-33(28(3)4)39(32)42(31-19-9-6-10-20-31)38(30-15-7-5-8-16-30)36-25-13-24-35(41-36)34-23-11-17-29-18-14-26-40-37(29)34/h5-13,15-17,19-25,27-28,38,40H,14,18,26H2,1-4H3. The minimum absolute atomic E-state index is 0.126. The maximum atomic E-state index is 5.47. The molecule has 6 rings (SSSR count). The van der Waals surface area contributed by atoms with Crippen molar-refractivity contribution in [2.75, 3.05) is 16.8 Å². The zero-order chi connectivity index (χ0) is 29.1. The first kappa shape index (κ1) is 27.8. The number of hydrogen-bond donors (Lipinski definition) is 1. The Balaban J connectivity index is 1.62. The van der Waals surface area contributed by atoms with Crippen LogP contribution in [0.25, 0.3) is 11.3 Å². The Morgan fingerprint density at radius 1 is 0.667 bits per heavy atom. The first-order valence-corrected chi connectivity index (χ1v) is 15.4. The second kappa shape index (κ2) is 12.2. The number of nitrogens with one attached hydrogen (secondary N) is 1. The monoisotopic (exact) mass is 551 g/mol. The average Bonchev–Trinajstić information content (AvgIpc) is 3.03. The van der Waals surface area contributed by atoms with Crippen molar-refractivity contribution < 1.29 is 0 Å². The Labute approximate surface area is 251 Å². The van der Waals surface area contributed by atoms with Gasteiger partial charge in [-0.05, 0) is 71.2 Å². The van der Waals surface area contributed by atoms with Crippen LogP contribution in [-0.4, -0.2) is 11.5 Å². The summed E-state index contributed by atoms with van der Waals surface area (Å²) in [5.41, 5.74) is 12.2. The number of nitrogens with zero attached hydrogens (tertiary/aromatic N) is 2. The molecule has 0 saturated carbocycles. The molecule has 2 heterocycles. The normalized spacial score (nSPS) is 13.5. The molecular formula is C39H41N3. The summed E-state index contributed by atoms with van der Waals surface area (Å²) in [7, 11) is 0. The van der Waals surface area contributed by atoms with Gasteiger partial charge in [0.15, 0.2) is 0 Å². The quantitative estimate of drug-likeness (QED) is 0.208. The number of para-hydroxylation sites is 3. The molecule has 212 valence electrons. The zero-order valence-corrected chi connectivity index (χ0v) is 25.2. The molecule has 1 aromatic heterocycles. The highest BCUT2D eigenvalue weighted by molar-refractivity contribution is 5.79. The fraction of sp³-hybridized carbons (Fsp3) is 0.256. The second-order valence-electron chi connectivity index (χ2n) is 11.9. The summed E-state index contributed by atoms with van der Waals surface area (Å²) >= 11 is 0. The lowest BCUT2D eigenvalue weighted by Gasteiger charge is -2.38. The highest BCUT2D eigenvalue weighted by atomic mass is 15.2. The maximum absolute atomic E-state index is 5.47. The van der Waals surface area contributed by atoms with E-state index in [0.29, 0.717) is 11.8 Å². The molecule has 1 N–H and O–H groups in total. The molecule has 3 nitrogen and oxygen atoms in total. The maximum Gasteiger partial charge on any atom is 0.102 e. The van der Waals surface area contributed by atoms with Crippen LogP contribution < -0.4 is 10.2 Å². The van der Waals surface area contributed by atoms with E-state index in [2.05, 4.69) is 153 Å². The molecule has 1 aliphatic rings. The van der Waals surface area contributed by atoms with Gasteiger partial charge in [-0.15, -0.1) is 0 Å². The van der Waals surface area contributed by atoms with E-state index in [1.54, 1.807) is 0 Å². The predicted molar refractivity (Wildman–Crippen MR) is 178 cm³/mol. The van der Waals surface area contributed by atoms with Crippen molar-refractivity contribution in [3.8, 4) is 11.3 Å². The third-order valence-corrected chi connectivity index (χ3v) is 8.39.